The van der Waals surface area contributed by atoms with Crippen LogP contribution in [0.3, 0.4) is 0 Å². The van der Waals surface area contributed by atoms with Crippen molar-refractivity contribution in [3.8, 4) is 18.4 Å². The molecule has 4 rings (SSSR count). The molecule has 1 aromatic rings. The van der Waals surface area contributed by atoms with Crippen LogP contribution >= 0.6 is 0 Å². The fourth-order valence-electron chi connectivity index (χ4n) is 5.31. The highest BCUT2D eigenvalue weighted by molar-refractivity contribution is 5.95. The van der Waals surface area contributed by atoms with Crippen LogP contribution in [0.5, 0.6) is 0 Å². The van der Waals surface area contributed by atoms with Crippen molar-refractivity contribution in [1.82, 2.24) is 14.8 Å². The van der Waals surface area contributed by atoms with Gasteiger partial charge in [0.2, 0.25) is 11.9 Å². The van der Waals surface area contributed by atoms with E-state index in [4.69, 9.17) is 12.2 Å². The Morgan fingerprint density at radius 3 is 2.47 bits per heavy atom. The number of pyridine rings is 1. The quantitative estimate of drug-likeness (QED) is 0.601. The van der Waals surface area contributed by atoms with Gasteiger partial charge in [-0.3, -0.25) is 9.59 Å². The summed E-state index contributed by atoms with van der Waals surface area (Å²) in [5.41, 5.74) is 6.66. The van der Waals surface area contributed by atoms with Gasteiger partial charge in [0.25, 0.3) is 5.91 Å². The second kappa shape index (κ2) is 8.04. The first kappa shape index (κ1) is 20.3. The number of halogens is 1. The van der Waals surface area contributed by atoms with Gasteiger partial charge in [0.05, 0.1) is 18.2 Å². The molecule has 30 heavy (non-hydrogen) atoms. The molecule has 2 N–H and O–H groups in total. The normalized spacial score (nSPS) is 31.1. The number of carbonyl (C=O) groups excluding carboxylic acids is 2. The van der Waals surface area contributed by atoms with Gasteiger partial charge in [-0.15, -0.1) is 6.42 Å². The highest BCUT2D eigenvalue weighted by atomic mass is 19.1. The minimum absolute atomic E-state index is 0.0369. The van der Waals surface area contributed by atoms with Gasteiger partial charge in [-0.25, -0.2) is 4.98 Å². The first-order valence-corrected chi connectivity index (χ1v) is 10.3. The van der Waals surface area contributed by atoms with Gasteiger partial charge in [0.1, 0.15) is 6.04 Å². The second-order valence-electron chi connectivity index (χ2n) is 8.37. The molecule has 3 fully saturated rings. The molecule has 1 aromatic heterocycles. The number of hydrogen-bond acceptors (Lipinski definition) is 5. The molecule has 0 aliphatic carbocycles. The van der Waals surface area contributed by atoms with Gasteiger partial charge in [-0.1, -0.05) is 5.92 Å². The second-order valence-corrected chi connectivity index (χ2v) is 8.37. The number of likely N-dealkylation sites (tertiary alicyclic amines) is 1. The summed E-state index contributed by atoms with van der Waals surface area (Å²) in [4.78, 5) is 32.9. The third kappa shape index (κ3) is 3.42. The third-order valence-corrected chi connectivity index (χ3v) is 6.75. The number of piperidine rings is 1. The van der Waals surface area contributed by atoms with Gasteiger partial charge in [0.15, 0.2) is 0 Å². The summed E-state index contributed by atoms with van der Waals surface area (Å²) < 4.78 is 13.5. The summed E-state index contributed by atoms with van der Waals surface area (Å²) in [5.74, 6) is 1.34. The monoisotopic (exact) mass is 409 g/mol. The molecule has 156 valence electrons. The standard InChI is InChI=1S/C22H24FN5O2/c1-2-15-3-6-18(12-24)27(15)22(30)20(25)14-9-16-4-5-17(10-14)28(16)21(29)13-7-8-26-19(23)11-13/h1,7-8,11,14-18,20H,3-6,9-10,25H2/t14?,15?,16?,17?,18-,20-/m0/s1. The molecule has 3 aliphatic heterocycles. The molecule has 0 saturated carbocycles. The number of nitrogens with two attached hydrogens (primary N) is 1. The van der Waals surface area contributed by atoms with Crippen molar-refractivity contribution in [3.63, 3.8) is 0 Å². The fourth-order valence-corrected chi connectivity index (χ4v) is 5.31. The number of carbonyl (C=O) groups is 2. The maximum absolute atomic E-state index is 13.5. The Kier molecular flexibility index (Phi) is 5.44. The number of amides is 2. The van der Waals surface area contributed by atoms with Crippen molar-refractivity contribution in [2.45, 2.75) is 68.7 Å². The Hall–Kier alpha value is -2.97. The van der Waals surface area contributed by atoms with Gasteiger partial charge in [-0.2, -0.15) is 9.65 Å². The molecular formula is C22H24FN5O2. The molecule has 0 spiro atoms. The van der Waals surface area contributed by atoms with E-state index in [1.165, 1.54) is 17.2 Å². The first-order chi connectivity index (χ1) is 14.4. The van der Waals surface area contributed by atoms with E-state index in [1.807, 2.05) is 4.90 Å². The molecule has 2 bridgehead atoms. The predicted molar refractivity (Wildman–Crippen MR) is 106 cm³/mol. The molecule has 7 nitrogen and oxygen atoms in total. The Bertz CT molecular complexity index is 902. The van der Waals surface area contributed by atoms with Crippen molar-refractivity contribution >= 4 is 11.8 Å². The van der Waals surface area contributed by atoms with Crippen molar-refractivity contribution in [2.24, 2.45) is 11.7 Å². The van der Waals surface area contributed by atoms with Crippen LogP contribution < -0.4 is 5.73 Å². The predicted octanol–water partition coefficient (Wildman–Crippen LogP) is 1.45. The summed E-state index contributed by atoms with van der Waals surface area (Å²) in [6, 6.07) is 3.06. The smallest absolute Gasteiger partial charge is 0.254 e. The maximum atomic E-state index is 13.5. The van der Waals surface area contributed by atoms with Crippen molar-refractivity contribution < 1.29 is 14.0 Å². The molecule has 0 radical (unpaired) electrons. The van der Waals surface area contributed by atoms with E-state index in [0.29, 0.717) is 25.7 Å². The van der Waals surface area contributed by atoms with E-state index in [1.54, 1.807) is 0 Å². The molecule has 8 heteroatoms. The molecule has 2 amide bonds. The summed E-state index contributed by atoms with van der Waals surface area (Å²) in [6.45, 7) is 0. The number of nitriles is 1. The van der Waals surface area contributed by atoms with E-state index in [9.17, 15) is 19.2 Å². The minimum atomic E-state index is -0.756. The summed E-state index contributed by atoms with van der Waals surface area (Å²) >= 11 is 0. The lowest BCUT2D eigenvalue weighted by atomic mass is 9.84. The molecular weight excluding hydrogens is 385 g/mol. The number of fused-ring (bicyclic) bond motifs is 2. The van der Waals surface area contributed by atoms with Crippen molar-refractivity contribution in [3.05, 3.63) is 29.8 Å². The number of terminal acetylenes is 1. The largest absolute Gasteiger partial charge is 0.333 e. The van der Waals surface area contributed by atoms with E-state index < -0.39 is 24.1 Å². The summed E-state index contributed by atoms with van der Waals surface area (Å²) in [5, 5.41) is 9.38. The van der Waals surface area contributed by atoms with Crippen molar-refractivity contribution in [2.75, 3.05) is 0 Å². The number of aromatic nitrogens is 1. The molecule has 0 aromatic carbocycles. The van der Waals surface area contributed by atoms with Gasteiger partial charge in [0, 0.05) is 29.9 Å². The Labute approximate surface area is 175 Å². The number of nitrogens with zero attached hydrogens (tertiary/aromatic N) is 4. The van der Waals surface area contributed by atoms with Crippen LogP contribution in [0.1, 0.15) is 48.9 Å². The van der Waals surface area contributed by atoms with Crippen molar-refractivity contribution in [1.29, 1.82) is 5.26 Å². The van der Waals surface area contributed by atoms with Crippen LogP contribution in [-0.2, 0) is 4.79 Å². The number of rotatable bonds is 3. The Morgan fingerprint density at radius 2 is 1.87 bits per heavy atom. The first-order valence-electron chi connectivity index (χ1n) is 10.3. The zero-order valence-electron chi connectivity index (χ0n) is 16.6. The zero-order valence-corrected chi connectivity index (χ0v) is 16.6. The lowest BCUT2D eigenvalue weighted by molar-refractivity contribution is -0.135. The van der Waals surface area contributed by atoms with E-state index in [2.05, 4.69) is 17.0 Å². The molecule has 5 atom stereocenters. The lowest BCUT2D eigenvalue weighted by Crippen LogP contribution is -2.56. The molecule has 4 heterocycles. The molecule has 3 saturated heterocycles. The third-order valence-electron chi connectivity index (χ3n) is 6.75. The SMILES string of the molecule is C#CC1CC[C@@H](C#N)N1C(=O)[C@@H](N)C1CC2CCC(C1)N2C(=O)c1ccnc(F)c1. The molecule has 3 aliphatic rings. The highest BCUT2D eigenvalue weighted by Gasteiger charge is 2.48. The summed E-state index contributed by atoms with van der Waals surface area (Å²) in [6.07, 6.45) is 10.9. The van der Waals surface area contributed by atoms with Gasteiger partial charge >= 0.3 is 0 Å². The average Bonchev–Trinajstić information content (AvgIpc) is 3.29. The van der Waals surface area contributed by atoms with Gasteiger partial charge < -0.3 is 15.5 Å². The summed E-state index contributed by atoms with van der Waals surface area (Å²) in [7, 11) is 0. The minimum Gasteiger partial charge on any atom is -0.333 e. The Balaban J connectivity index is 1.48. The maximum Gasteiger partial charge on any atom is 0.254 e. The van der Waals surface area contributed by atoms with Crippen LogP contribution in [0.2, 0.25) is 0 Å². The fraction of sp³-hybridized carbons (Fsp3) is 0.545. The van der Waals surface area contributed by atoms with Crippen LogP contribution in [0, 0.1) is 35.5 Å². The van der Waals surface area contributed by atoms with E-state index in [0.717, 1.165) is 18.9 Å². The van der Waals surface area contributed by atoms with E-state index in [-0.39, 0.29) is 35.4 Å². The molecule has 3 unspecified atom stereocenters. The van der Waals surface area contributed by atoms with Crippen LogP contribution in [0.25, 0.3) is 0 Å². The number of hydrogen-bond donors (Lipinski definition) is 1. The van der Waals surface area contributed by atoms with E-state index >= 15 is 0 Å². The average molecular weight is 409 g/mol. The Morgan fingerprint density at radius 1 is 1.20 bits per heavy atom. The topological polar surface area (TPSA) is 103 Å². The van der Waals surface area contributed by atoms with Crippen LogP contribution in [0.4, 0.5) is 4.39 Å². The van der Waals surface area contributed by atoms with Crippen LogP contribution in [-0.4, -0.2) is 56.8 Å². The highest BCUT2D eigenvalue weighted by Crippen LogP contribution is 2.41. The lowest BCUT2D eigenvalue weighted by Gasteiger charge is -2.41. The zero-order chi connectivity index (χ0) is 21.4. The van der Waals surface area contributed by atoms with Gasteiger partial charge in [-0.05, 0) is 50.5 Å². The van der Waals surface area contributed by atoms with Crippen LogP contribution in [0.15, 0.2) is 18.3 Å².